The number of hydrogen-bond donors (Lipinski definition) is 1. The third kappa shape index (κ3) is 2.62. The molecule has 1 rings (SSSR count). The zero-order valence-corrected chi connectivity index (χ0v) is 6.90. The van der Waals surface area contributed by atoms with Crippen molar-refractivity contribution in [3.05, 3.63) is 60.4 Å². The summed E-state index contributed by atoms with van der Waals surface area (Å²) in [5.74, 6) is 0.319. The van der Waals surface area contributed by atoms with Crippen LogP contribution in [0.4, 0.5) is 0 Å². The molecule has 0 fully saturated rings. The second kappa shape index (κ2) is 4.39. The van der Waals surface area contributed by atoms with E-state index in [0.717, 1.165) is 12.0 Å². The van der Waals surface area contributed by atoms with Crippen molar-refractivity contribution in [1.82, 2.24) is 0 Å². The summed E-state index contributed by atoms with van der Waals surface area (Å²) in [4.78, 5) is 0. The Bertz CT molecular complexity index is 277. The van der Waals surface area contributed by atoms with E-state index in [1.165, 1.54) is 0 Å². The molecule has 0 unspecified atom stereocenters. The topological polar surface area (TPSA) is 20.2 Å². The molecule has 1 aliphatic carbocycles. The molecule has 0 spiro atoms. The van der Waals surface area contributed by atoms with Crippen LogP contribution in [0.15, 0.2) is 60.4 Å². The molecule has 0 atom stereocenters. The lowest BCUT2D eigenvalue weighted by Crippen LogP contribution is -1.85. The van der Waals surface area contributed by atoms with Gasteiger partial charge in [-0.2, -0.15) is 0 Å². The van der Waals surface area contributed by atoms with E-state index in [0.29, 0.717) is 5.76 Å². The van der Waals surface area contributed by atoms with E-state index in [-0.39, 0.29) is 0 Å². The molecule has 0 saturated heterocycles. The van der Waals surface area contributed by atoms with Crippen LogP contribution in [0.1, 0.15) is 6.42 Å². The smallest absolute Gasteiger partial charge is 0.115 e. The molecule has 0 aromatic heterocycles. The van der Waals surface area contributed by atoms with Crippen LogP contribution in [0.3, 0.4) is 0 Å². The van der Waals surface area contributed by atoms with Gasteiger partial charge in [0.2, 0.25) is 0 Å². The number of hydrogen-bond acceptors (Lipinski definition) is 1. The number of aliphatic hydroxyl groups excluding tert-OH is 1. The van der Waals surface area contributed by atoms with Crippen molar-refractivity contribution in [3.8, 4) is 0 Å². The Morgan fingerprint density at radius 2 is 2.25 bits per heavy atom. The normalized spacial score (nSPS) is 20.0. The molecule has 12 heavy (non-hydrogen) atoms. The average Bonchev–Trinajstić information content (AvgIpc) is 2.05. The molecule has 1 aliphatic rings. The molecule has 1 nitrogen and oxygen atoms in total. The summed E-state index contributed by atoms with van der Waals surface area (Å²) in [7, 11) is 0. The highest BCUT2D eigenvalue weighted by Gasteiger charge is 1.96. The van der Waals surface area contributed by atoms with Crippen LogP contribution in [0, 0.1) is 0 Å². The molecule has 0 amide bonds. The van der Waals surface area contributed by atoms with Crippen LogP contribution in [0.5, 0.6) is 0 Å². The van der Waals surface area contributed by atoms with Gasteiger partial charge in [0, 0.05) is 0 Å². The Morgan fingerprint density at radius 1 is 1.42 bits per heavy atom. The van der Waals surface area contributed by atoms with Crippen LogP contribution < -0.4 is 0 Å². The fourth-order valence-electron chi connectivity index (χ4n) is 0.987. The summed E-state index contributed by atoms with van der Waals surface area (Å²) in [5, 5.41) is 9.13. The summed E-state index contributed by atoms with van der Waals surface area (Å²) in [5.41, 5.74) is 1.10. The summed E-state index contributed by atoms with van der Waals surface area (Å²) in [6.07, 6.45) is 13.7. The van der Waals surface area contributed by atoms with Crippen molar-refractivity contribution in [2.75, 3.05) is 0 Å². The predicted molar refractivity (Wildman–Crippen MR) is 51.9 cm³/mol. The van der Waals surface area contributed by atoms with E-state index in [1.807, 2.05) is 24.3 Å². The first kappa shape index (κ1) is 8.60. The van der Waals surface area contributed by atoms with Crippen LogP contribution in [0.2, 0.25) is 0 Å². The number of rotatable bonds is 2. The lowest BCUT2D eigenvalue weighted by atomic mass is 10.1. The molecule has 0 saturated carbocycles. The van der Waals surface area contributed by atoms with Crippen molar-refractivity contribution in [2.24, 2.45) is 0 Å². The van der Waals surface area contributed by atoms with Gasteiger partial charge in [-0.3, -0.25) is 0 Å². The monoisotopic (exact) mass is 160 g/mol. The van der Waals surface area contributed by atoms with E-state index in [9.17, 15) is 0 Å². The van der Waals surface area contributed by atoms with E-state index < -0.39 is 0 Å². The minimum absolute atomic E-state index is 0.319. The van der Waals surface area contributed by atoms with Gasteiger partial charge in [-0.25, -0.2) is 0 Å². The summed E-state index contributed by atoms with van der Waals surface area (Å²) in [6.45, 7) is 3.56. The Morgan fingerprint density at radius 3 is 2.92 bits per heavy atom. The lowest BCUT2D eigenvalue weighted by Gasteiger charge is -2.02. The first-order valence-electron chi connectivity index (χ1n) is 3.88. The van der Waals surface area contributed by atoms with Crippen molar-refractivity contribution >= 4 is 0 Å². The summed E-state index contributed by atoms with van der Waals surface area (Å²) < 4.78 is 0. The van der Waals surface area contributed by atoms with Gasteiger partial charge >= 0.3 is 0 Å². The van der Waals surface area contributed by atoms with Crippen molar-refractivity contribution in [1.29, 1.82) is 0 Å². The minimum atomic E-state index is 0.319. The van der Waals surface area contributed by atoms with Crippen LogP contribution in [0.25, 0.3) is 0 Å². The van der Waals surface area contributed by atoms with Gasteiger partial charge in [-0.1, -0.05) is 37.0 Å². The molecular formula is C11H12O. The first-order valence-corrected chi connectivity index (χ1v) is 3.88. The molecule has 0 radical (unpaired) electrons. The standard InChI is InChI=1S/C11H12O/c1-2-3-4-6-10-7-5-8-11(12)9-10/h2-6,8-9,12H,1,7H2/b4-3-,10-6+. The van der Waals surface area contributed by atoms with Gasteiger partial charge < -0.3 is 5.11 Å². The number of aliphatic hydroxyl groups is 1. The molecule has 0 aromatic rings. The zero-order chi connectivity index (χ0) is 8.81. The molecular weight excluding hydrogens is 148 g/mol. The fourth-order valence-corrected chi connectivity index (χ4v) is 0.987. The molecule has 0 bridgehead atoms. The Labute approximate surface area is 72.7 Å². The van der Waals surface area contributed by atoms with Gasteiger partial charge in [-0.05, 0) is 24.1 Å². The Balaban J connectivity index is 2.65. The molecule has 0 aromatic carbocycles. The molecule has 0 aliphatic heterocycles. The van der Waals surface area contributed by atoms with Crippen LogP contribution in [-0.4, -0.2) is 5.11 Å². The highest BCUT2D eigenvalue weighted by molar-refractivity contribution is 5.35. The SMILES string of the molecule is C=C/C=C\C=C1\C=C(O)C=CC1. The maximum atomic E-state index is 9.13. The Hall–Kier alpha value is -1.50. The van der Waals surface area contributed by atoms with Crippen molar-refractivity contribution in [3.63, 3.8) is 0 Å². The van der Waals surface area contributed by atoms with E-state index >= 15 is 0 Å². The quantitative estimate of drug-likeness (QED) is 0.615. The molecule has 0 heterocycles. The highest BCUT2D eigenvalue weighted by atomic mass is 16.3. The number of allylic oxidation sites excluding steroid dienone is 8. The van der Waals surface area contributed by atoms with E-state index in [1.54, 1.807) is 18.2 Å². The van der Waals surface area contributed by atoms with Crippen molar-refractivity contribution < 1.29 is 5.11 Å². The molecule has 1 N–H and O–H groups in total. The third-order valence-corrected chi connectivity index (χ3v) is 1.53. The predicted octanol–water partition coefficient (Wildman–Crippen LogP) is 3.06. The van der Waals surface area contributed by atoms with Crippen LogP contribution in [-0.2, 0) is 0 Å². The Kier molecular flexibility index (Phi) is 3.15. The zero-order valence-electron chi connectivity index (χ0n) is 6.90. The second-order valence-electron chi connectivity index (χ2n) is 2.54. The van der Waals surface area contributed by atoms with E-state index in [2.05, 4.69) is 6.58 Å². The summed E-state index contributed by atoms with van der Waals surface area (Å²) >= 11 is 0. The van der Waals surface area contributed by atoms with Crippen molar-refractivity contribution in [2.45, 2.75) is 6.42 Å². The minimum Gasteiger partial charge on any atom is -0.508 e. The highest BCUT2D eigenvalue weighted by Crippen LogP contribution is 2.13. The maximum absolute atomic E-state index is 9.13. The van der Waals surface area contributed by atoms with E-state index in [4.69, 9.17) is 5.11 Å². The lowest BCUT2D eigenvalue weighted by molar-refractivity contribution is 0.430. The van der Waals surface area contributed by atoms with Gasteiger partial charge in [-0.15, -0.1) is 0 Å². The molecule has 62 valence electrons. The molecule has 1 heteroatoms. The van der Waals surface area contributed by atoms with Crippen LogP contribution >= 0.6 is 0 Å². The van der Waals surface area contributed by atoms with Gasteiger partial charge in [0.05, 0.1) is 0 Å². The fraction of sp³-hybridized carbons (Fsp3) is 0.0909. The average molecular weight is 160 g/mol. The van der Waals surface area contributed by atoms with Gasteiger partial charge in [0.25, 0.3) is 0 Å². The largest absolute Gasteiger partial charge is 0.508 e. The first-order chi connectivity index (χ1) is 5.83. The summed E-state index contributed by atoms with van der Waals surface area (Å²) in [6, 6.07) is 0. The van der Waals surface area contributed by atoms with Gasteiger partial charge in [0.15, 0.2) is 0 Å². The third-order valence-electron chi connectivity index (χ3n) is 1.53. The van der Waals surface area contributed by atoms with Gasteiger partial charge in [0.1, 0.15) is 5.76 Å². The maximum Gasteiger partial charge on any atom is 0.115 e. The second-order valence-corrected chi connectivity index (χ2v) is 2.54.